The molecule has 0 aliphatic carbocycles. The van der Waals surface area contributed by atoms with Crippen LogP contribution in [-0.2, 0) is 14.4 Å². The van der Waals surface area contributed by atoms with Crippen molar-refractivity contribution < 1.29 is 14.4 Å². The van der Waals surface area contributed by atoms with Gasteiger partial charge in [0.25, 0.3) is 0 Å². The van der Waals surface area contributed by atoms with E-state index >= 15 is 0 Å². The fourth-order valence-electron chi connectivity index (χ4n) is 5.04. The summed E-state index contributed by atoms with van der Waals surface area (Å²) in [5.74, 6) is -0.267. The van der Waals surface area contributed by atoms with E-state index in [4.69, 9.17) is 5.73 Å². The third kappa shape index (κ3) is 5.21. The lowest BCUT2D eigenvalue weighted by Crippen LogP contribution is -2.44. The van der Waals surface area contributed by atoms with E-state index in [2.05, 4.69) is 28.5 Å². The summed E-state index contributed by atoms with van der Waals surface area (Å²) in [6.45, 7) is 5.53. The average molecular weight is 464 g/mol. The summed E-state index contributed by atoms with van der Waals surface area (Å²) in [5.41, 5.74) is 9.26. The van der Waals surface area contributed by atoms with Gasteiger partial charge in [0.2, 0.25) is 5.91 Å². The molecule has 0 spiro atoms. The van der Waals surface area contributed by atoms with Crippen LogP contribution in [0.15, 0.2) is 36.5 Å². The fraction of sp³-hybridized carbons (Fsp3) is 0.462. The first-order valence-corrected chi connectivity index (χ1v) is 12.0. The number of carbonyl (C=O) groups excluding carboxylic acids is 3. The maximum atomic E-state index is 13.2. The average Bonchev–Trinajstić information content (AvgIpc) is 2.86. The molecule has 0 unspecified atom stereocenters. The zero-order valence-electron chi connectivity index (χ0n) is 19.9. The number of aromatic nitrogens is 1. The number of nitrogens with two attached hydrogens (primary N) is 1. The van der Waals surface area contributed by atoms with Crippen LogP contribution in [0.2, 0.25) is 0 Å². The van der Waals surface area contributed by atoms with Crippen LogP contribution in [0.3, 0.4) is 0 Å². The van der Waals surface area contributed by atoms with E-state index in [0.29, 0.717) is 24.0 Å². The SMILES string of the molecule is CC(=O)N1CCC(c2cccc([C@@H]3CCCCN3C(=O)C(=O)Nc3cnc(N)c(C)c3)c2)CC1. The van der Waals surface area contributed by atoms with Crippen LogP contribution in [-0.4, -0.2) is 52.1 Å². The van der Waals surface area contributed by atoms with Crippen molar-refractivity contribution in [3.63, 3.8) is 0 Å². The van der Waals surface area contributed by atoms with Gasteiger partial charge in [-0.25, -0.2) is 4.98 Å². The van der Waals surface area contributed by atoms with Crippen LogP contribution >= 0.6 is 0 Å². The first-order valence-electron chi connectivity index (χ1n) is 12.0. The molecule has 2 fully saturated rings. The molecule has 1 atom stereocenters. The standard InChI is InChI=1S/C26H33N5O3/c1-17-14-22(16-28-24(17)27)29-25(33)26(34)31-11-4-3-8-23(31)21-7-5-6-20(15-21)19-9-12-30(13-10-19)18(2)32/h5-7,14-16,19,23H,3-4,8-13H2,1-2H3,(H2,27,28)(H,29,33)/t23-/m0/s1. The molecule has 0 saturated carbocycles. The highest BCUT2D eigenvalue weighted by atomic mass is 16.2. The molecule has 8 heteroatoms. The monoisotopic (exact) mass is 463 g/mol. The van der Waals surface area contributed by atoms with Gasteiger partial charge in [-0.05, 0) is 67.7 Å². The Balaban J connectivity index is 1.48. The lowest BCUT2D eigenvalue weighted by Gasteiger charge is -2.36. The summed E-state index contributed by atoms with van der Waals surface area (Å²) in [6.07, 6.45) is 6.05. The Bertz CT molecular complexity index is 1080. The van der Waals surface area contributed by atoms with Crippen molar-refractivity contribution in [3.8, 4) is 0 Å². The highest BCUT2D eigenvalue weighted by Crippen LogP contribution is 2.35. The van der Waals surface area contributed by atoms with Gasteiger partial charge in [0.15, 0.2) is 0 Å². The molecule has 2 aliphatic rings. The van der Waals surface area contributed by atoms with Crippen LogP contribution in [0, 0.1) is 6.92 Å². The van der Waals surface area contributed by atoms with Crippen molar-refractivity contribution in [3.05, 3.63) is 53.2 Å². The molecule has 3 N–H and O–H groups in total. The van der Waals surface area contributed by atoms with E-state index in [1.807, 2.05) is 11.0 Å². The highest BCUT2D eigenvalue weighted by molar-refractivity contribution is 6.39. The molecule has 2 aliphatic heterocycles. The first-order chi connectivity index (χ1) is 16.3. The summed E-state index contributed by atoms with van der Waals surface area (Å²) in [6, 6.07) is 10.0. The number of hydrogen-bond donors (Lipinski definition) is 2. The second-order valence-corrected chi connectivity index (χ2v) is 9.34. The van der Waals surface area contributed by atoms with Gasteiger partial charge in [-0.2, -0.15) is 0 Å². The molecule has 2 saturated heterocycles. The normalized spacial score (nSPS) is 19.1. The van der Waals surface area contributed by atoms with E-state index in [1.165, 1.54) is 11.8 Å². The molecule has 4 rings (SSSR count). The van der Waals surface area contributed by atoms with Crippen LogP contribution in [0.25, 0.3) is 0 Å². The second-order valence-electron chi connectivity index (χ2n) is 9.34. The zero-order chi connectivity index (χ0) is 24.2. The number of rotatable bonds is 3. The third-order valence-corrected chi connectivity index (χ3v) is 7.04. The molecular weight excluding hydrogens is 430 g/mol. The number of nitrogens with zero attached hydrogens (tertiary/aromatic N) is 3. The Labute approximate surface area is 200 Å². The summed E-state index contributed by atoms with van der Waals surface area (Å²) < 4.78 is 0. The summed E-state index contributed by atoms with van der Waals surface area (Å²) >= 11 is 0. The molecule has 0 radical (unpaired) electrons. The van der Waals surface area contributed by atoms with Gasteiger partial charge < -0.3 is 20.9 Å². The number of amides is 3. The van der Waals surface area contributed by atoms with E-state index < -0.39 is 11.8 Å². The Kier molecular flexibility index (Phi) is 7.14. The van der Waals surface area contributed by atoms with Crippen molar-refractivity contribution in [2.45, 2.75) is 57.9 Å². The highest BCUT2D eigenvalue weighted by Gasteiger charge is 2.32. The van der Waals surface area contributed by atoms with Crippen molar-refractivity contribution in [2.75, 3.05) is 30.7 Å². The van der Waals surface area contributed by atoms with Gasteiger partial charge in [-0.3, -0.25) is 14.4 Å². The number of aryl methyl sites for hydroxylation is 1. The molecule has 0 bridgehead atoms. The molecule has 8 nitrogen and oxygen atoms in total. The maximum absolute atomic E-state index is 13.2. The number of nitrogens with one attached hydrogen (secondary N) is 1. The van der Waals surface area contributed by atoms with Crippen LogP contribution in [0.5, 0.6) is 0 Å². The Morgan fingerprint density at radius 3 is 2.47 bits per heavy atom. The van der Waals surface area contributed by atoms with E-state index in [0.717, 1.165) is 56.3 Å². The second kappa shape index (κ2) is 10.2. The molecule has 34 heavy (non-hydrogen) atoms. The summed E-state index contributed by atoms with van der Waals surface area (Å²) in [5, 5.41) is 2.67. The predicted molar refractivity (Wildman–Crippen MR) is 131 cm³/mol. The lowest BCUT2D eigenvalue weighted by molar-refractivity contribution is -0.145. The number of likely N-dealkylation sites (tertiary alicyclic amines) is 2. The summed E-state index contributed by atoms with van der Waals surface area (Å²) in [7, 11) is 0. The predicted octanol–water partition coefficient (Wildman–Crippen LogP) is 3.39. The molecule has 2 aromatic rings. The van der Waals surface area contributed by atoms with Crippen molar-refractivity contribution in [2.24, 2.45) is 0 Å². The van der Waals surface area contributed by atoms with E-state index in [-0.39, 0.29) is 11.9 Å². The minimum absolute atomic E-state index is 0.129. The quantitative estimate of drug-likeness (QED) is 0.679. The Morgan fingerprint density at radius 2 is 1.76 bits per heavy atom. The van der Waals surface area contributed by atoms with Crippen molar-refractivity contribution >= 4 is 29.2 Å². The number of piperidine rings is 2. The first kappa shape index (κ1) is 23.7. The summed E-state index contributed by atoms with van der Waals surface area (Å²) in [4.78, 5) is 45.3. The molecule has 1 aromatic carbocycles. The number of nitrogen functional groups attached to an aromatic ring is 1. The van der Waals surface area contributed by atoms with Gasteiger partial charge in [0.1, 0.15) is 5.82 Å². The topological polar surface area (TPSA) is 109 Å². The van der Waals surface area contributed by atoms with Crippen molar-refractivity contribution in [1.82, 2.24) is 14.8 Å². The van der Waals surface area contributed by atoms with Gasteiger partial charge in [-0.15, -0.1) is 0 Å². The Morgan fingerprint density at radius 1 is 1.03 bits per heavy atom. The fourth-order valence-corrected chi connectivity index (χ4v) is 5.04. The number of pyridine rings is 1. The van der Waals surface area contributed by atoms with Gasteiger partial charge in [0.05, 0.1) is 17.9 Å². The Hall–Kier alpha value is -3.42. The number of hydrogen-bond acceptors (Lipinski definition) is 5. The van der Waals surface area contributed by atoms with E-state index in [9.17, 15) is 14.4 Å². The molecule has 180 valence electrons. The van der Waals surface area contributed by atoms with Crippen LogP contribution in [0.4, 0.5) is 11.5 Å². The number of benzene rings is 1. The minimum Gasteiger partial charge on any atom is -0.383 e. The largest absolute Gasteiger partial charge is 0.383 e. The van der Waals surface area contributed by atoms with Crippen LogP contribution < -0.4 is 11.1 Å². The number of carbonyl (C=O) groups is 3. The molecular formula is C26H33N5O3. The molecule has 3 heterocycles. The lowest BCUT2D eigenvalue weighted by atomic mass is 9.86. The van der Waals surface area contributed by atoms with Gasteiger partial charge in [0, 0.05) is 26.6 Å². The zero-order valence-corrected chi connectivity index (χ0v) is 19.9. The van der Waals surface area contributed by atoms with Gasteiger partial charge in [-0.1, -0.05) is 24.3 Å². The van der Waals surface area contributed by atoms with Gasteiger partial charge >= 0.3 is 11.8 Å². The molecule has 1 aromatic heterocycles. The molecule has 3 amide bonds. The number of anilines is 2. The maximum Gasteiger partial charge on any atom is 0.313 e. The third-order valence-electron chi connectivity index (χ3n) is 7.04. The minimum atomic E-state index is -0.661. The van der Waals surface area contributed by atoms with Crippen LogP contribution in [0.1, 0.15) is 67.7 Å². The van der Waals surface area contributed by atoms with E-state index in [1.54, 1.807) is 24.8 Å². The smallest absolute Gasteiger partial charge is 0.313 e. The van der Waals surface area contributed by atoms with Crippen molar-refractivity contribution in [1.29, 1.82) is 0 Å².